The van der Waals surface area contributed by atoms with Crippen LogP contribution in [0.5, 0.6) is 5.75 Å². The van der Waals surface area contributed by atoms with Gasteiger partial charge in [0.05, 0.1) is 5.41 Å². The van der Waals surface area contributed by atoms with Crippen molar-refractivity contribution in [1.82, 2.24) is 0 Å². The minimum Gasteiger partial charge on any atom is -0.426 e. The Bertz CT molecular complexity index is 843. The molecule has 0 amide bonds. The fourth-order valence-corrected chi connectivity index (χ4v) is 5.67. The zero-order valence-electron chi connectivity index (χ0n) is 15.7. The van der Waals surface area contributed by atoms with Crippen molar-refractivity contribution in [2.24, 2.45) is 16.2 Å². The molecular formula is C22H26O2S. The Hall–Kier alpha value is -1.61. The molecule has 132 valence electrons. The molecule has 0 radical (unpaired) electrons. The van der Waals surface area contributed by atoms with Gasteiger partial charge in [-0.25, -0.2) is 0 Å². The summed E-state index contributed by atoms with van der Waals surface area (Å²) in [5, 5.41) is 2.16. The molecule has 0 aliphatic heterocycles. The van der Waals surface area contributed by atoms with Gasteiger partial charge in [-0.2, -0.15) is 0 Å². The third kappa shape index (κ3) is 2.05. The molecule has 0 spiro atoms. The van der Waals surface area contributed by atoms with Gasteiger partial charge in [0.15, 0.2) is 0 Å². The molecule has 0 unspecified atom stereocenters. The number of fused-ring (bicyclic) bond motifs is 3. The Morgan fingerprint density at radius 2 is 1.76 bits per heavy atom. The predicted molar refractivity (Wildman–Crippen MR) is 103 cm³/mol. The van der Waals surface area contributed by atoms with E-state index in [4.69, 9.17) is 4.74 Å². The van der Waals surface area contributed by atoms with E-state index in [2.05, 4.69) is 45.2 Å². The number of benzene rings is 1. The monoisotopic (exact) mass is 354 g/mol. The molecule has 2 nitrogen and oxygen atoms in total. The lowest BCUT2D eigenvalue weighted by atomic mass is 9.97. The van der Waals surface area contributed by atoms with Crippen LogP contribution in [0.3, 0.4) is 0 Å². The molecule has 3 heteroatoms. The molecular weight excluding hydrogens is 328 g/mol. The minimum absolute atomic E-state index is 0.0518. The topological polar surface area (TPSA) is 26.3 Å². The second-order valence-electron chi connectivity index (χ2n) is 8.68. The van der Waals surface area contributed by atoms with Gasteiger partial charge in [0, 0.05) is 10.4 Å². The van der Waals surface area contributed by atoms with Crippen molar-refractivity contribution in [3.8, 4) is 16.2 Å². The van der Waals surface area contributed by atoms with Gasteiger partial charge in [0.25, 0.3) is 0 Å². The second-order valence-corrected chi connectivity index (χ2v) is 9.59. The maximum absolute atomic E-state index is 13.1. The van der Waals surface area contributed by atoms with Gasteiger partial charge in [-0.3, -0.25) is 4.79 Å². The first-order valence-corrected chi connectivity index (χ1v) is 10.0. The van der Waals surface area contributed by atoms with Gasteiger partial charge in [-0.1, -0.05) is 39.8 Å². The van der Waals surface area contributed by atoms with Crippen molar-refractivity contribution in [2.45, 2.75) is 53.9 Å². The van der Waals surface area contributed by atoms with E-state index in [1.165, 1.54) is 21.6 Å². The summed E-state index contributed by atoms with van der Waals surface area (Å²) in [5.74, 6) is 0.662. The molecule has 4 rings (SSSR count). The average molecular weight is 355 g/mol. The van der Waals surface area contributed by atoms with Gasteiger partial charge in [-0.05, 0) is 65.7 Å². The first-order valence-electron chi connectivity index (χ1n) is 9.13. The smallest absolute Gasteiger partial charge is 0.318 e. The summed E-state index contributed by atoms with van der Waals surface area (Å²) in [6.07, 6.45) is 3.15. The van der Waals surface area contributed by atoms with Gasteiger partial charge in [0.1, 0.15) is 5.75 Å². The number of carbonyl (C=O) groups excluding carboxylic acids is 1. The quantitative estimate of drug-likeness (QED) is 0.497. The van der Waals surface area contributed by atoms with Gasteiger partial charge in [0.2, 0.25) is 0 Å². The number of ether oxygens (including phenoxy) is 1. The minimum atomic E-state index is -0.443. The van der Waals surface area contributed by atoms with Crippen molar-refractivity contribution in [3.05, 3.63) is 40.8 Å². The molecule has 0 bridgehead atoms. The summed E-state index contributed by atoms with van der Waals surface area (Å²) in [4.78, 5) is 14.4. The van der Waals surface area contributed by atoms with Crippen molar-refractivity contribution in [2.75, 3.05) is 0 Å². The van der Waals surface area contributed by atoms with Crippen LogP contribution in [-0.4, -0.2) is 5.97 Å². The van der Waals surface area contributed by atoms with Crippen LogP contribution in [-0.2, 0) is 17.6 Å². The molecule has 2 aliphatic carbocycles. The Morgan fingerprint density at radius 1 is 1.04 bits per heavy atom. The van der Waals surface area contributed by atoms with E-state index in [0.29, 0.717) is 0 Å². The molecule has 1 aromatic heterocycles. The summed E-state index contributed by atoms with van der Waals surface area (Å²) in [6.45, 7) is 10.7. The summed E-state index contributed by atoms with van der Waals surface area (Å²) < 4.78 is 6.02. The number of thiophene rings is 1. The molecule has 1 heterocycles. The van der Waals surface area contributed by atoms with E-state index in [-0.39, 0.29) is 16.8 Å². The molecule has 1 saturated carbocycles. The van der Waals surface area contributed by atoms with E-state index in [0.717, 1.165) is 25.0 Å². The predicted octanol–water partition coefficient (Wildman–Crippen LogP) is 5.88. The van der Waals surface area contributed by atoms with Crippen molar-refractivity contribution < 1.29 is 9.53 Å². The van der Waals surface area contributed by atoms with Crippen LogP contribution in [0, 0.1) is 16.2 Å². The molecule has 25 heavy (non-hydrogen) atoms. The number of hydrogen-bond acceptors (Lipinski definition) is 3. The highest BCUT2D eigenvalue weighted by atomic mass is 32.1. The molecule has 0 saturated heterocycles. The normalized spacial score (nSPS) is 21.6. The summed E-state index contributed by atoms with van der Waals surface area (Å²) >= 11 is 1.79. The highest BCUT2D eigenvalue weighted by molar-refractivity contribution is 7.13. The average Bonchev–Trinajstić information content (AvgIpc) is 2.85. The lowest BCUT2D eigenvalue weighted by Gasteiger charge is -2.18. The Kier molecular flexibility index (Phi) is 3.50. The van der Waals surface area contributed by atoms with Crippen LogP contribution >= 0.6 is 11.3 Å². The summed E-state index contributed by atoms with van der Waals surface area (Å²) in [6, 6.07) is 8.37. The first-order chi connectivity index (χ1) is 11.7. The van der Waals surface area contributed by atoms with E-state index in [1.54, 1.807) is 11.3 Å². The third-order valence-electron chi connectivity index (χ3n) is 7.61. The molecule has 0 N–H and O–H groups in total. The van der Waals surface area contributed by atoms with Gasteiger partial charge < -0.3 is 4.74 Å². The van der Waals surface area contributed by atoms with Crippen LogP contribution in [0.4, 0.5) is 0 Å². The first kappa shape index (κ1) is 16.8. The number of aryl methyl sites for hydroxylation is 1. The Morgan fingerprint density at radius 3 is 2.44 bits per heavy atom. The van der Waals surface area contributed by atoms with Crippen molar-refractivity contribution >= 4 is 17.3 Å². The second kappa shape index (κ2) is 5.20. The van der Waals surface area contributed by atoms with Gasteiger partial charge >= 0.3 is 5.97 Å². The third-order valence-corrected chi connectivity index (χ3v) is 8.60. The van der Waals surface area contributed by atoms with E-state index >= 15 is 0 Å². The fourth-order valence-electron chi connectivity index (χ4n) is 4.66. The van der Waals surface area contributed by atoms with Crippen LogP contribution in [0.25, 0.3) is 10.4 Å². The SMILES string of the molecule is CC1(C)C(C)(C)C1(C)C(=O)Oc1cccc2c1CCCc1ccsc1-2. The Labute approximate surface area is 154 Å². The summed E-state index contributed by atoms with van der Waals surface area (Å²) in [5.41, 5.74) is 3.31. The van der Waals surface area contributed by atoms with Crippen molar-refractivity contribution in [3.63, 3.8) is 0 Å². The van der Waals surface area contributed by atoms with Gasteiger partial charge in [-0.15, -0.1) is 11.3 Å². The highest BCUT2D eigenvalue weighted by Gasteiger charge is 2.79. The van der Waals surface area contributed by atoms with E-state index in [1.807, 2.05) is 19.1 Å². The van der Waals surface area contributed by atoms with E-state index in [9.17, 15) is 4.79 Å². The van der Waals surface area contributed by atoms with E-state index < -0.39 is 5.41 Å². The van der Waals surface area contributed by atoms with Crippen LogP contribution in [0.2, 0.25) is 0 Å². The fraction of sp³-hybridized carbons (Fsp3) is 0.500. The molecule has 0 atom stereocenters. The number of rotatable bonds is 2. The molecule has 2 aromatic rings. The summed E-state index contributed by atoms with van der Waals surface area (Å²) in [7, 11) is 0. The van der Waals surface area contributed by atoms with Crippen molar-refractivity contribution in [1.29, 1.82) is 0 Å². The maximum Gasteiger partial charge on any atom is 0.318 e. The number of hydrogen-bond donors (Lipinski definition) is 0. The lowest BCUT2D eigenvalue weighted by molar-refractivity contribution is -0.142. The molecule has 1 aromatic carbocycles. The highest BCUT2D eigenvalue weighted by Crippen LogP contribution is 2.77. The number of esters is 1. The lowest BCUT2D eigenvalue weighted by Crippen LogP contribution is -2.25. The maximum atomic E-state index is 13.1. The standard InChI is InChI=1S/C22H26O2S/c1-20(2)21(3,4)22(20,5)19(23)24-17-11-7-10-16-15(17)9-6-8-14-12-13-25-18(14)16/h7,10-13H,6,8-9H2,1-5H3. The largest absolute Gasteiger partial charge is 0.426 e. The number of carbonyl (C=O) groups is 1. The van der Waals surface area contributed by atoms with Crippen LogP contribution in [0.1, 0.15) is 52.2 Å². The zero-order valence-corrected chi connectivity index (χ0v) is 16.5. The molecule has 2 aliphatic rings. The van der Waals surface area contributed by atoms with Crippen LogP contribution in [0.15, 0.2) is 29.6 Å². The molecule has 1 fully saturated rings. The zero-order chi connectivity index (χ0) is 18.0. The Balaban J connectivity index is 1.71. The van der Waals surface area contributed by atoms with Crippen LogP contribution < -0.4 is 4.74 Å².